The van der Waals surface area contributed by atoms with E-state index in [-0.39, 0.29) is 37.1 Å². The maximum atomic E-state index is 13.7. The second kappa shape index (κ2) is 6.62. The molecule has 2 amide bonds. The van der Waals surface area contributed by atoms with E-state index in [0.717, 1.165) is 11.0 Å². The number of hydrogen-bond acceptors (Lipinski definition) is 3. The summed E-state index contributed by atoms with van der Waals surface area (Å²) >= 11 is 0. The summed E-state index contributed by atoms with van der Waals surface area (Å²) in [6, 6.07) is 2.96. The van der Waals surface area contributed by atoms with Gasteiger partial charge in [-0.05, 0) is 18.6 Å². The van der Waals surface area contributed by atoms with Crippen molar-refractivity contribution in [1.82, 2.24) is 5.32 Å². The Morgan fingerprint density at radius 3 is 2.86 bits per heavy atom. The van der Waals surface area contributed by atoms with Crippen LogP contribution in [0.3, 0.4) is 0 Å². The highest BCUT2D eigenvalue weighted by molar-refractivity contribution is 6.00. The van der Waals surface area contributed by atoms with Gasteiger partial charge in [-0.3, -0.25) is 9.59 Å². The van der Waals surface area contributed by atoms with Gasteiger partial charge in [-0.1, -0.05) is 0 Å². The Kier molecular flexibility index (Phi) is 4.85. The number of rotatable bonds is 5. The maximum absolute atomic E-state index is 13.7. The third-order valence-electron chi connectivity index (χ3n) is 3.33. The normalized spacial score (nSPS) is 18.1. The molecular weight excluding hydrogens is 282 g/mol. The van der Waals surface area contributed by atoms with Crippen LogP contribution in [-0.4, -0.2) is 36.6 Å². The standard InChI is InChI=1S/C14H16F2N2O3/c15-10-2-3-12(11(16)7-10)18-8-9(6-13(18)20)14(21)17-4-1-5-19/h2-3,7,9,19H,1,4-6,8H2,(H,17,21). The number of anilines is 1. The Bertz CT molecular complexity index is 551. The highest BCUT2D eigenvalue weighted by atomic mass is 19.1. The summed E-state index contributed by atoms with van der Waals surface area (Å²) in [5.41, 5.74) is -0.0212. The first-order valence-corrected chi connectivity index (χ1v) is 6.67. The van der Waals surface area contributed by atoms with Gasteiger partial charge >= 0.3 is 0 Å². The molecule has 1 heterocycles. The molecule has 1 saturated heterocycles. The van der Waals surface area contributed by atoms with Crippen LogP contribution in [0.5, 0.6) is 0 Å². The van der Waals surface area contributed by atoms with E-state index in [1.54, 1.807) is 0 Å². The summed E-state index contributed by atoms with van der Waals surface area (Å²) in [5.74, 6) is -2.80. The molecule has 21 heavy (non-hydrogen) atoms. The number of amides is 2. The Balaban J connectivity index is 2.04. The largest absolute Gasteiger partial charge is 0.396 e. The molecule has 1 aromatic rings. The van der Waals surface area contributed by atoms with Gasteiger partial charge < -0.3 is 15.3 Å². The molecule has 1 unspecified atom stereocenters. The highest BCUT2D eigenvalue weighted by Crippen LogP contribution is 2.27. The molecule has 1 aliphatic rings. The summed E-state index contributed by atoms with van der Waals surface area (Å²) < 4.78 is 26.6. The predicted molar refractivity (Wildman–Crippen MR) is 71.5 cm³/mol. The third kappa shape index (κ3) is 3.55. The Hall–Kier alpha value is -2.02. The lowest BCUT2D eigenvalue weighted by Crippen LogP contribution is -2.34. The van der Waals surface area contributed by atoms with E-state index in [9.17, 15) is 18.4 Å². The topological polar surface area (TPSA) is 69.6 Å². The fourth-order valence-corrected chi connectivity index (χ4v) is 2.25. The Morgan fingerprint density at radius 1 is 1.43 bits per heavy atom. The lowest BCUT2D eigenvalue weighted by Gasteiger charge is -2.17. The molecule has 2 rings (SSSR count). The van der Waals surface area contributed by atoms with E-state index in [1.807, 2.05) is 0 Å². The van der Waals surface area contributed by atoms with Crippen LogP contribution in [0.25, 0.3) is 0 Å². The minimum Gasteiger partial charge on any atom is -0.396 e. The summed E-state index contributed by atoms with van der Waals surface area (Å²) in [4.78, 5) is 24.9. The number of carbonyl (C=O) groups excluding carboxylic acids is 2. The number of carbonyl (C=O) groups is 2. The van der Waals surface area contributed by atoms with Gasteiger partial charge in [0.2, 0.25) is 11.8 Å². The first-order valence-electron chi connectivity index (χ1n) is 6.67. The van der Waals surface area contributed by atoms with Gasteiger partial charge in [0, 0.05) is 32.2 Å². The van der Waals surface area contributed by atoms with Gasteiger partial charge in [0.1, 0.15) is 11.6 Å². The van der Waals surface area contributed by atoms with Crippen molar-refractivity contribution in [1.29, 1.82) is 0 Å². The molecule has 0 saturated carbocycles. The summed E-state index contributed by atoms with van der Waals surface area (Å²) in [7, 11) is 0. The first-order chi connectivity index (χ1) is 10.0. The van der Waals surface area contributed by atoms with Gasteiger partial charge in [-0.15, -0.1) is 0 Å². The number of hydrogen-bond donors (Lipinski definition) is 2. The Morgan fingerprint density at radius 2 is 2.19 bits per heavy atom. The lowest BCUT2D eigenvalue weighted by atomic mass is 10.1. The molecule has 0 aromatic heterocycles. The number of aliphatic hydroxyl groups is 1. The van der Waals surface area contributed by atoms with E-state index in [4.69, 9.17) is 5.11 Å². The molecule has 1 fully saturated rings. The van der Waals surface area contributed by atoms with Gasteiger partial charge in [-0.25, -0.2) is 8.78 Å². The predicted octanol–water partition coefficient (Wildman–Crippen LogP) is 0.816. The summed E-state index contributed by atoms with van der Waals surface area (Å²) in [5, 5.41) is 11.3. The van der Waals surface area contributed by atoms with Gasteiger partial charge in [0.25, 0.3) is 0 Å². The zero-order valence-electron chi connectivity index (χ0n) is 11.3. The molecular formula is C14H16F2N2O3. The van der Waals surface area contributed by atoms with Gasteiger partial charge in [-0.2, -0.15) is 0 Å². The average molecular weight is 298 g/mol. The SMILES string of the molecule is O=C(NCCCO)C1CC(=O)N(c2ccc(F)cc2F)C1. The third-order valence-corrected chi connectivity index (χ3v) is 3.33. The van der Waals surface area contributed by atoms with Crippen molar-refractivity contribution in [2.24, 2.45) is 5.92 Å². The molecule has 2 N–H and O–H groups in total. The molecule has 1 aliphatic heterocycles. The Labute approximate surface area is 120 Å². The zero-order valence-corrected chi connectivity index (χ0v) is 11.3. The van der Waals surface area contributed by atoms with Crippen molar-refractivity contribution < 1.29 is 23.5 Å². The smallest absolute Gasteiger partial charge is 0.227 e. The van der Waals surface area contributed by atoms with E-state index < -0.39 is 17.6 Å². The number of nitrogens with one attached hydrogen (secondary N) is 1. The summed E-state index contributed by atoms with van der Waals surface area (Å²) in [6.07, 6.45) is 0.421. The lowest BCUT2D eigenvalue weighted by molar-refractivity contribution is -0.126. The minimum atomic E-state index is -0.829. The van der Waals surface area contributed by atoms with Crippen LogP contribution in [0.15, 0.2) is 18.2 Å². The minimum absolute atomic E-state index is 0.0121. The van der Waals surface area contributed by atoms with E-state index >= 15 is 0 Å². The molecule has 114 valence electrons. The van der Waals surface area contributed by atoms with Gasteiger partial charge in [0.05, 0.1) is 11.6 Å². The van der Waals surface area contributed by atoms with Crippen LogP contribution >= 0.6 is 0 Å². The molecule has 0 spiro atoms. The number of benzene rings is 1. The van der Waals surface area contributed by atoms with Crippen molar-refractivity contribution in [3.05, 3.63) is 29.8 Å². The van der Waals surface area contributed by atoms with Crippen LogP contribution in [0.4, 0.5) is 14.5 Å². The van der Waals surface area contributed by atoms with E-state index in [1.165, 1.54) is 6.07 Å². The second-order valence-corrected chi connectivity index (χ2v) is 4.87. The fourth-order valence-electron chi connectivity index (χ4n) is 2.25. The van der Waals surface area contributed by atoms with Crippen LogP contribution < -0.4 is 10.2 Å². The van der Waals surface area contributed by atoms with Gasteiger partial charge in [0.15, 0.2) is 0 Å². The maximum Gasteiger partial charge on any atom is 0.227 e. The number of aliphatic hydroxyl groups excluding tert-OH is 1. The van der Waals surface area contributed by atoms with Crippen molar-refractivity contribution in [3.8, 4) is 0 Å². The summed E-state index contributed by atoms with van der Waals surface area (Å²) in [6.45, 7) is 0.355. The number of halogens is 2. The molecule has 7 heteroatoms. The molecule has 0 radical (unpaired) electrons. The molecule has 0 aliphatic carbocycles. The molecule has 1 aromatic carbocycles. The van der Waals surface area contributed by atoms with Crippen molar-refractivity contribution >= 4 is 17.5 Å². The van der Waals surface area contributed by atoms with Crippen LogP contribution in [-0.2, 0) is 9.59 Å². The average Bonchev–Trinajstić information content (AvgIpc) is 2.81. The number of nitrogens with zero attached hydrogens (tertiary/aromatic N) is 1. The van der Waals surface area contributed by atoms with E-state index in [2.05, 4.69) is 5.32 Å². The second-order valence-electron chi connectivity index (χ2n) is 4.87. The fraction of sp³-hybridized carbons (Fsp3) is 0.429. The van der Waals surface area contributed by atoms with Crippen molar-refractivity contribution in [2.45, 2.75) is 12.8 Å². The van der Waals surface area contributed by atoms with Crippen molar-refractivity contribution in [3.63, 3.8) is 0 Å². The van der Waals surface area contributed by atoms with Crippen LogP contribution in [0.2, 0.25) is 0 Å². The molecule has 0 bridgehead atoms. The van der Waals surface area contributed by atoms with Crippen molar-refractivity contribution in [2.75, 3.05) is 24.6 Å². The molecule has 5 nitrogen and oxygen atoms in total. The molecule has 1 atom stereocenters. The monoisotopic (exact) mass is 298 g/mol. The highest BCUT2D eigenvalue weighted by Gasteiger charge is 2.36. The zero-order chi connectivity index (χ0) is 15.4. The van der Waals surface area contributed by atoms with Crippen LogP contribution in [0, 0.1) is 17.6 Å². The van der Waals surface area contributed by atoms with E-state index in [0.29, 0.717) is 19.0 Å². The quantitative estimate of drug-likeness (QED) is 0.791. The van der Waals surface area contributed by atoms with Crippen LogP contribution in [0.1, 0.15) is 12.8 Å². The first kappa shape index (κ1) is 15.4.